The zero-order valence-electron chi connectivity index (χ0n) is 8.51. The number of hydrogen-bond donors (Lipinski definition) is 2. The molecule has 0 atom stereocenters. The molecule has 0 unspecified atom stereocenters. The number of benzene rings is 1. The highest BCUT2D eigenvalue weighted by Gasteiger charge is 2.06. The SMILES string of the molecule is COC(=O)NN=Cc1ccccc1C(=O)O. The summed E-state index contributed by atoms with van der Waals surface area (Å²) in [5.74, 6) is -1.06. The van der Waals surface area contributed by atoms with E-state index in [9.17, 15) is 9.59 Å². The molecule has 0 radical (unpaired) electrons. The second kappa shape index (κ2) is 5.50. The molecule has 0 aliphatic heterocycles. The fourth-order valence-electron chi connectivity index (χ4n) is 1.00. The number of nitrogens with one attached hydrogen (secondary N) is 1. The molecule has 1 amide bonds. The summed E-state index contributed by atoms with van der Waals surface area (Å²) in [6.45, 7) is 0. The third kappa shape index (κ3) is 3.09. The topological polar surface area (TPSA) is 88.0 Å². The molecular formula is C10H10N2O4. The number of methoxy groups -OCH3 is 1. The van der Waals surface area contributed by atoms with Crippen molar-refractivity contribution < 1.29 is 19.4 Å². The van der Waals surface area contributed by atoms with E-state index in [0.29, 0.717) is 5.56 Å². The van der Waals surface area contributed by atoms with Crippen LogP contribution in [0.4, 0.5) is 4.79 Å². The molecule has 0 aromatic heterocycles. The number of carboxylic acid groups (broad SMARTS) is 1. The molecule has 0 fully saturated rings. The molecule has 84 valence electrons. The van der Waals surface area contributed by atoms with Crippen LogP contribution in [-0.4, -0.2) is 30.5 Å². The Hall–Kier alpha value is -2.37. The Morgan fingerprint density at radius 3 is 2.75 bits per heavy atom. The van der Waals surface area contributed by atoms with Gasteiger partial charge in [-0.1, -0.05) is 18.2 Å². The van der Waals surface area contributed by atoms with Gasteiger partial charge in [0.1, 0.15) is 0 Å². The minimum absolute atomic E-state index is 0.109. The van der Waals surface area contributed by atoms with Crippen LogP contribution in [0.2, 0.25) is 0 Å². The number of hydrogen-bond acceptors (Lipinski definition) is 4. The highest BCUT2D eigenvalue weighted by atomic mass is 16.5. The fourth-order valence-corrected chi connectivity index (χ4v) is 1.00. The van der Waals surface area contributed by atoms with E-state index in [2.05, 4.69) is 15.3 Å². The molecule has 1 aromatic carbocycles. The van der Waals surface area contributed by atoms with Crippen LogP contribution in [0.3, 0.4) is 0 Å². The van der Waals surface area contributed by atoms with E-state index in [1.807, 2.05) is 0 Å². The van der Waals surface area contributed by atoms with Crippen molar-refractivity contribution in [2.45, 2.75) is 0 Å². The monoisotopic (exact) mass is 222 g/mol. The van der Waals surface area contributed by atoms with E-state index in [1.54, 1.807) is 18.2 Å². The van der Waals surface area contributed by atoms with Gasteiger partial charge in [-0.25, -0.2) is 15.0 Å². The van der Waals surface area contributed by atoms with Crippen LogP contribution >= 0.6 is 0 Å². The quantitative estimate of drug-likeness (QED) is 0.591. The van der Waals surface area contributed by atoms with Crippen molar-refractivity contribution in [1.82, 2.24) is 5.43 Å². The van der Waals surface area contributed by atoms with Gasteiger partial charge in [-0.05, 0) is 6.07 Å². The molecule has 1 aromatic rings. The van der Waals surface area contributed by atoms with Crippen LogP contribution in [0, 0.1) is 0 Å². The third-order valence-corrected chi connectivity index (χ3v) is 1.74. The van der Waals surface area contributed by atoms with E-state index in [-0.39, 0.29) is 5.56 Å². The first-order chi connectivity index (χ1) is 7.65. The summed E-state index contributed by atoms with van der Waals surface area (Å²) in [4.78, 5) is 21.5. The normalized spacial score (nSPS) is 10.1. The summed E-state index contributed by atoms with van der Waals surface area (Å²) in [7, 11) is 1.20. The van der Waals surface area contributed by atoms with Gasteiger partial charge in [0.25, 0.3) is 0 Å². The number of nitrogens with zero attached hydrogens (tertiary/aromatic N) is 1. The highest BCUT2D eigenvalue weighted by Crippen LogP contribution is 2.05. The molecule has 2 N–H and O–H groups in total. The van der Waals surface area contributed by atoms with Crippen LogP contribution in [0.25, 0.3) is 0 Å². The predicted molar refractivity (Wildman–Crippen MR) is 56.5 cm³/mol. The number of carboxylic acids is 1. The van der Waals surface area contributed by atoms with Gasteiger partial charge in [0.15, 0.2) is 0 Å². The summed E-state index contributed by atoms with van der Waals surface area (Å²) in [6.07, 6.45) is 0.518. The van der Waals surface area contributed by atoms with Crippen molar-refractivity contribution in [3.8, 4) is 0 Å². The number of rotatable bonds is 3. The lowest BCUT2D eigenvalue weighted by atomic mass is 10.1. The molecule has 0 bridgehead atoms. The van der Waals surface area contributed by atoms with Crippen LogP contribution in [0.1, 0.15) is 15.9 Å². The average Bonchev–Trinajstić information content (AvgIpc) is 2.29. The Morgan fingerprint density at radius 1 is 1.44 bits per heavy atom. The average molecular weight is 222 g/mol. The first kappa shape index (κ1) is 11.7. The first-order valence-corrected chi connectivity index (χ1v) is 4.34. The maximum Gasteiger partial charge on any atom is 0.427 e. The van der Waals surface area contributed by atoms with Gasteiger partial charge in [-0.15, -0.1) is 0 Å². The number of hydrazone groups is 1. The van der Waals surface area contributed by atoms with E-state index in [1.165, 1.54) is 19.4 Å². The Balaban J connectivity index is 2.80. The first-order valence-electron chi connectivity index (χ1n) is 4.34. The maximum absolute atomic E-state index is 10.8. The minimum atomic E-state index is -1.06. The minimum Gasteiger partial charge on any atom is -0.478 e. The van der Waals surface area contributed by atoms with Crippen molar-refractivity contribution >= 4 is 18.3 Å². The van der Waals surface area contributed by atoms with Crippen molar-refractivity contribution in [2.75, 3.05) is 7.11 Å². The predicted octanol–water partition coefficient (Wildman–Crippen LogP) is 1.07. The Bertz CT molecular complexity index is 429. The zero-order valence-corrected chi connectivity index (χ0v) is 8.51. The number of carbonyl (C=O) groups excluding carboxylic acids is 1. The lowest BCUT2D eigenvalue weighted by molar-refractivity contribution is 0.0696. The van der Waals surface area contributed by atoms with Gasteiger partial charge < -0.3 is 9.84 Å². The van der Waals surface area contributed by atoms with E-state index >= 15 is 0 Å². The Labute approximate surface area is 91.5 Å². The summed E-state index contributed by atoms with van der Waals surface area (Å²) in [6, 6.07) is 6.30. The van der Waals surface area contributed by atoms with Crippen LogP contribution in [0.15, 0.2) is 29.4 Å². The number of ether oxygens (including phenoxy) is 1. The van der Waals surface area contributed by atoms with Crippen molar-refractivity contribution in [1.29, 1.82) is 0 Å². The molecule has 0 spiro atoms. The molecule has 0 aliphatic carbocycles. The van der Waals surface area contributed by atoms with Gasteiger partial charge in [0, 0.05) is 5.56 Å². The maximum atomic E-state index is 10.8. The van der Waals surface area contributed by atoms with Gasteiger partial charge in [0.2, 0.25) is 0 Å². The van der Waals surface area contributed by atoms with Crippen molar-refractivity contribution in [2.24, 2.45) is 5.10 Å². The second-order valence-corrected chi connectivity index (χ2v) is 2.75. The van der Waals surface area contributed by atoms with E-state index in [4.69, 9.17) is 5.11 Å². The molecule has 0 saturated carbocycles. The summed E-state index contributed by atoms with van der Waals surface area (Å²) in [5.41, 5.74) is 2.57. The largest absolute Gasteiger partial charge is 0.478 e. The van der Waals surface area contributed by atoms with Gasteiger partial charge >= 0.3 is 12.1 Å². The highest BCUT2D eigenvalue weighted by molar-refractivity contribution is 5.98. The summed E-state index contributed by atoms with van der Waals surface area (Å²) in [5, 5.41) is 12.4. The standard InChI is InChI=1S/C10H10N2O4/c1-16-10(15)12-11-6-7-4-2-3-5-8(7)9(13)14/h2-6H,1H3,(H,12,15)(H,13,14). The Morgan fingerprint density at radius 2 is 2.12 bits per heavy atom. The third-order valence-electron chi connectivity index (χ3n) is 1.74. The number of carbonyl (C=O) groups is 2. The molecule has 0 saturated heterocycles. The van der Waals surface area contributed by atoms with Crippen molar-refractivity contribution in [3.05, 3.63) is 35.4 Å². The van der Waals surface area contributed by atoms with Gasteiger partial charge in [-0.2, -0.15) is 5.10 Å². The zero-order chi connectivity index (χ0) is 12.0. The van der Waals surface area contributed by atoms with Crippen LogP contribution < -0.4 is 5.43 Å². The molecule has 6 heteroatoms. The van der Waals surface area contributed by atoms with Gasteiger partial charge in [-0.3, -0.25) is 0 Å². The van der Waals surface area contributed by atoms with Crippen molar-refractivity contribution in [3.63, 3.8) is 0 Å². The van der Waals surface area contributed by atoms with Crippen LogP contribution in [-0.2, 0) is 4.74 Å². The number of amides is 1. The number of aromatic carboxylic acids is 1. The smallest absolute Gasteiger partial charge is 0.427 e. The van der Waals surface area contributed by atoms with E-state index in [0.717, 1.165) is 0 Å². The summed E-state index contributed by atoms with van der Waals surface area (Å²) >= 11 is 0. The lowest BCUT2D eigenvalue weighted by Crippen LogP contribution is -2.17. The lowest BCUT2D eigenvalue weighted by Gasteiger charge is -1.99. The second-order valence-electron chi connectivity index (χ2n) is 2.75. The Kier molecular flexibility index (Phi) is 4.02. The van der Waals surface area contributed by atoms with Crippen LogP contribution in [0.5, 0.6) is 0 Å². The molecule has 16 heavy (non-hydrogen) atoms. The fraction of sp³-hybridized carbons (Fsp3) is 0.100. The summed E-state index contributed by atoms with van der Waals surface area (Å²) < 4.78 is 4.29. The van der Waals surface area contributed by atoms with E-state index < -0.39 is 12.1 Å². The molecule has 6 nitrogen and oxygen atoms in total. The molecule has 0 aliphatic rings. The molecular weight excluding hydrogens is 212 g/mol. The van der Waals surface area contributed by atoms with Gasteiger partial charge in [0.05, 0.1) is 18.9 Å². The molecule has 1 rings (SSSR count). The molecule has 0 heterocycles.